The van der Waals surface area contributed by atoms with Gasteiger partial charge in [0.05, 0.1) is 6.04 Å². The number of nitrogens with one attached hydrogen (secondary N) is 1. The predicted molar refractivity (Wildman–Crippen MR) is 102 cm³/mol. The Labute approximate surface area is 156 Å². The van der Waals surface area contributed by atoms with Gasteiger partial charge in [0.2, 0.25) is 0 Å². The molecule has 0 heterocycles. The fourth-order valence-corrected chi connectivity index (χ4v) is 2.93. The fourth-order valence-electron chi connectivity index (χ4n) is 2.37. The Morgan fingerprint density at radius 1 is 1.04 bits per heavy atom. The molecule has 0 aliphatic heterocycles. The minimum Gasteiger partial charge on any atom is -0.444 e. The van der Waals surface area contributed by atoms with Gasteiger partial charge < -0.3 is 10.1 Å². The molecule has 2 aromatic rings. The Hall–Kier alpha value is -2.14. The van der Waals surface area contributed by atoms with Crippen molar-refractivity contribution >= 4 is 27.8 Å². The van der Waals surface area contributed by atoms with E-state index in [-0.39, 0.29) is 12.2 Å². The summed E-state index contributed by atoms with van der Waals surface area (Å²) in [5, 5.41) is 2.82. The van der Waals surface area contributed by atoms with Gasteiger partial charge in [-0.25, -0.2) is 4.79 Å². The van der Waals surface area contributed by atoms with Gasteiger partial charge in [-0.3, -0.25) is 4.79 Å². The second-order valence-electron chi connectivity index (χ2n) is 6.71. The summed E-state index contributed by atoms with van der Waals surface area (Å²) in [6, 6.07) is 16.1. The number of benzene rings is 2. The van der Waals surface area contributed by atoms with Crippen LogP contribution in [0.25, 0.3) is 0 Å². The maximum Gasteiger partial charge on any atom is 0.408 e. The number of halogens is 1. The standard InChI is InChI=1S/C20H22BrNO3/c1-20(2,3)25-19(24)22-17(15-11-7-8-12-16(15)21)13-18(23)14-9-5-4-6-10-14/h4-12,17H,13H2,1-3H3,(H,22,24)/t17-/m1/s1. The molecule has 0 radical (unpaired) electrons. The summed E-state index contributed by atoms with van der Waals surface area (Å²) in [6.07, 6.45) is -0.402. The molecule has 0 aliphatic carbocycles. The third kappa shape index (κ3) is 6.02. The fraction of sp³-hybridized carbons (Fsp3) is 0.300. The van der Waals surface area contributed by atoms with E-state index in [4.69, 9.17) is 4.74 Å². The van der Waals surface area contributed by atoms with E-state index in [1.807, 2.05) is 42.5 Å². The van der Waals surface area contributed by atoms with Crippen molar-refractivity contribution in [2.75, 3.05) is 0 Å². The molecule has 2 rings (SSSR count). The molecule has 0 saturated carbocycles. The molecule has 0 unspecified atom stereocenters. The van der Waals surface area contributed by atoms with Crippen molar-refractivity contribution in [1.82, 2.24) is 5.32 Å². The van der Waals surface area contributed by atoms with E-state index >= 15 is 0 Å². The summed E-state index contributed by atoms with van der Waals surface area (Å²) in [6.45, 7) is 5.40. The number of amides is 1. The van der Waals surface area contributed by atoms with Crippen LogP contribution in [0.4, 0.5) is 4.79 Å². The molecule has 0 aromatic heterocycles. The van der Waals surface area contributed by atoms with E-state index in [9.17, 15) is 9.59 Å². The first-order valence-electron chi connectivity index (χ1n) is 8.08. The van der Waals surface area contributed by atoms with Gasteiger partial charge in [0.25, 0.3) is 0 Å². The molecule has 0 saturated heterocycles. The summed E-state index contributed by atoms with van der Waals surface area (Å²) in [4.78, 5) is 24.8. The Morgan fingerprint density at radius 3 is 2.24 bits per heavy atom. The molecule has 2 aromatic carbocycles. The second kappa shape index (κ2) is 8.30. The molecule has 1 amide bonds. The Bertz CT molecular complexity index is 738. The summed E-state index contributed by atoms with van der Waals surface area (Å²) < 4.78 is 6.17. The minimum absolute atomic E-state index is 0.0441. The quantitative estimate of drug-likeness (QED) is 0.690. The third-order valence-corrected chi connectivity index (χ3v) is 4.18. The van der Waals surface area contributed by atoms with Crippen molar-refractivity contribution < 1.29 is 14.3 Å². The topological polar surface area (TPSA) is 55.4 Å². The number of hydrogen-bond acceptors (Lipinski definition) is 3. The lowest BCUT2D eigenvalue weighted by atomic mass is 9.98. The van der Waals surface area contributed by atoms with Crippen LogP contribution < -0.4 is 5.32 Å². The van der Waals surface area contributed by atoms with Crippen molar-refractivity contribution in [3.05, 3.63) is 70.2 Å². The maximum atomic E-state index is 12.6. The first-order valence-corrected chi connectivity index (χ1v) is 8.88. The predicted octanol–water partition coefficient (Wildman–Crippen LogP) is 5.29. The molecule has 4 nitrogen and oxygen atoms in total. The van der Waals surface area contributed by atoms with Gasteiger partial charge >= 0.3 is 6.09 Å². The molecule has 0 fully saturated rings. The zero-order valence-electron chi connectivity index (χ0n) is 14.6. The largest absolute Gasteiger partial charge is 0.444 e. The van der Waals surface area contributed by atoms with Crippen LogP contribution >= 0.6 is 15.9 Å². The van der Waals surface area contributed by atoms with Crippen LogP contribution in [0.2, 0.25) is 0 Å². The lowest BCUT2D eigenvalue weighted by Gasteiger charge is -2.24. The van der Waals surface area contributed by atoms with E-state index in [0.717, 1.165) is 10.0 Å². The van der Waals surface area contributed by atoms with Gasteiger partial charge in [-0.1, -0.05) is 64.5 Å². The molecule has 25 heavy (non-hydrogen) atoms. The van der Waals surface area contributed by atoms with Crippen LogP contribution in [0.5, 0.6) is 0 Å². The highest BCUT2D eigenvalue weighted by Crippen LogP contribution is 2.27. The third-order valence-electron chi connectivity index (χ3n) is 3.46. The van der Waals surface area contributed by atoms with Crippen LogP contribution in [0.3, 0.4) is 0 Å². The summed E-state index contributed by atoms with van der Waals surface area (Å²) in [5.41, 5.74) is 0.842. The highest BCUT2D eigenvalue weighted by Gasteiger charge is 2.24. The van der Waals surface area contributed by atoms with Crippen molar-refractivity contribution in [3.63, 3.8) is 0 Å². The van der Waals surface area contributed by atoms with Gasteiger partial charge in [0.15, 0.2) is 5.78 Å². The number of carbonyl (C=O) groups excluding carboxylic acids is 2. The van der Waals surface area contributed by atoms with Crippen molar-refractivity contribution in [2.45, 2.75) is 38.8 Å². The van der Waals surface area contributed by atoms with Crippen LogP contribution in [0, 0.1) is 0 Å². The first kappa shape index (κ1) is 19.2. The highest BCUT2D eigenvalue weighted by atomic mass is 79.9. The van der Waals surface area contributed by atoms with E-state index in [1.54, 1.807) is 32.9 Å². The normalized spacial score (nSPS) is 12.3. The number of Topliss-reactive ketones (excluding diaryl/α,β-unsaturated/α-hetero) is 1. The average Bonchev–Trinajstić information content (AvgIpc) is 2.53. The monoisotopic (exact) mass is 403 g/mol. The van der Waals surface area contributed by atoms with E-state index in [0.29, 0.717) is 5.56 Å². The molecular weight excluding hydrogens is 382 g/mol. The molecule has 0 spiro atoms. The molecule has 1 N–H and O–H groups in total. The van der Waals surface area contributed by atoms with Crippen molar-refractivity contribution in [1.29, 1.82) is 0 Å². The van der Waals surface area contributed by atoms with Gasteiger partial charge in [-0.2, -0.15) is 0 Å². The summed E-state index contributed by atoms with van der Waals surface area (Å²) in [7, 11) is 0. The number of alkyl carbamates (subject to hydrolysis) is 1. The van der Waals surface area contributed by atoms with E-state index in [2.05, 4.69) is 21.2 Å². The molecule has 5 heteroatoms. The number of carbonyl (C=O) groups is 2. The number of ether oxygens (including phenoxy) is 1. The van der Waals surface area contributed by atoms with Crippen LogP contribution in [-0.2, 0) is 4.74 Å². The second-order valence-corrected chi connectivity index (χ2v) is 7.57. The molecular formula is C20H22BrNO3. The molecule has 0 bridgehead atoms. The lowest BCUT2D eigenvalue weighted by Crippen LogP contribution is -2.36. The SMILES string of the molecule is CC(C)(C)OC(=O)N[C@H](CC(=O)c1ccccc1)c1ccccc1Br. The maximum absolute atomic E-state index is 12.6. The zero-order chi connectivity index (χ0) is 18.4. The Balaban J connectivity index is 2.22. The Kier molecular flexibility index (Phi) is 6.37. The zero-order valence-corrected chi connectivity index (χ0v) is 16.2. The molecule has 132 valence electrons. The first-order chi connectivity index (χ1) is 11.8. The Morgan fingerprint density at radius 2 is 1.64 bits per heavy atom. The van der Waals surface area contributed by atoms with Gasteiger partial charge in [0.1, 0.15) is 5.60 Å². The van der Waals surface area contributed by atoms with Crippen LogP contribution in [0.15, 0.2) is 59.1 Å². The van der Waals surface area contributed by atoms with E-state index in [1.165, 1.54) is 0 Å². The van der Waals surface area contributed by atoms with Crippen LogP contribution in [0.1, 0.15) is 49.2 Å². The van der Waals surface area contributed by atoms with Gasteiger partial charge in [0, 0.05) is 16.5 Å². The minimum atomic E-state index is -0.605. The van der Waals surface area contributed by atoms with E-state index < -0.39 is 17.7 Å². The van der Waals surface area contributed by atoms with Crippen molar-refractivity contribution in [3.8, 4) is 0 Å². The smallest absolute Gasteiger partial charge is 0.408 e. The summed E-state index contributed by atoms with van der Waals surface area (Å²) >= 11 is 3.49. The van der Waals surface area contributed by atoms with Crippen molar-refractivity contribution in [2.24, 2.45) is 0 Å². The van der Waals surface area contributed by atoms with Crippen LogP contribution in [-0.4, -0.2) is 17.5 Å². The average molecular weight is 404 g/mol. The molecule has 1 atom stereocenters. The number of rotatable bonds is 5. The van der Waals surface area contributed by atoms with Gasteiger partial charge in [-0.05, 0) is 32.4 Å². The number of hydrogen-bond donors (Lipinski definition) is 1. The molecule has 0 aliphatic rings. The van der Waals surface area contributed by atoms with Gasteiger partial charge in [-0.15, -0.1) is 0 Å². The lowest BCUT2D eigenvalue weighted by molar-refractivity contribution is 0.0501. The summed E-state index contributed by atoms with van der Waals surface area (Å²) in [5.74, 6) is -0.0441. The highest BCUT2D eigenvalue weighted by molar-refractivity contribution is 9.10. The number of ketones is 1.